The van der Waals surface area contributed by atoms with Gasteiger partial charge in [-0.2, -0.15) is 0 Å². The number of hydrogen-bond acceptors (Lipinski definition) is 4. The third kappa shape index (κ3) is 3.82. The quantitative estimate of drug-likeness (QED) is 0.838. The zero-order valence-corrected chi connectivity index (χ0v) is 11.5. The normalized spacial score (nSPS) is 10.6. The van der Waals surface area contributed by atoms with Crippen LogP contribution in [-0.2, 0) is 12.3 Å². The summed E-state index contributed by atoms with van der Waals surface area (Å²) >= 11 is 1.76. The van der Waals surface area contributed by atoms with Crippen LogP contribution in [0.3, 0.4) is 0 Å². The van der Waals surface area contributed by atoms with E-state index in [1.165, 1.54) is 10.5 Å². The maximum atomic E-state index is 4.50. The minimum absolute atomic E-state index is 0.782. The van der Waals surface area contributed by atoms with Gasteiger partial charge in [0.2, 0.25) is 0 Å². The molecule has 2 aromatic rings. The Bertz CT molecular complexity index is 497. The van der Waals surface area contributed by atoms with Gasteiger partial charge >= 0.3 is 0 Å². The summed E-state index contributed by atoms with van der Waals surface area (Å²) < 4.78 is 0. The lowest BCUT2D eigenvalue weighted by Crippen LogP contribution is -2.08. The maximum Gasteiger partial charge on any atom is 0.138 e. The molecule has 18 heavy (non-hydrogen) atoms. The first-order valence-corrected chi connectivity index (χ1v) is 6.91. The maximum absolute atomic E-state index is 4.50. The molecule has 4 heteroatoms. The monoisotopic (exact) mass is 259 g/mol. The van der Waals surface area contributed by atoms with Gasteiger partial charge in [0.05, 0.1) is 11.4 Å². The number of nitrogens with one attached hydrogen (secondary N) is 1. The zero-order valence-electron chi connectivity index (χ0n) is 10.7. The van der Waals surface area contributed by atoms with Crippen LogP contribution in [0, 0.1) is 6.92 Å². The molecule has 0 spiro atoms. The molecule has 1 aromatic carbocycles. The van der Waals surface area contributed by atoms with E-state index >= 15 is 0 Å². The molecule has 0 amide bonds. The van der Waals surface area contributed by atoms with Gasteiger partial charge in [0, 0.05) is 17.6 Å². The van der Waals surface area contributed by atoms with Crippen LogP contribution >= 0.6 is 11.8 Å². The number of thioether (sulfide) groups is 1. The summed E-state index contributed by atoms with van der Waals surface area (Å²) in [6.07, 6.45) is 1.82. The molecule has 0 aliphatic rings. The number of nitrogens with zero attached hydrogens (tertiary/aromatic N) is 2. The van der Waals surface area contributed by atoms with E-state index in [1.807, 2.05) is 19.3 Å². The number of rotatable bonds is 5. The van der Waals surface area contributed by atoms with Crippen molar-refractivity contribution in [2.45, 2.75) is 24.1 Å². The first-order valence-electron chi connectivity index (χ1n) is 5.93. The van der Waals surface area contributed by atoms with Crippen molar-refractivity contribution in [2.24, 2.45) is 0 Å². The third-order valence-electron chi connectivity index (χ3n) is 2.51. The highest BCUT2D eigenvalue weighted by atomic mass is 32.2. The molecule has 0 unspecified atom stereocenters. The van der Waals surface area contributed by atoms with Crippen molar-refractivity contribution in [3.05, 3.63) is 53.6 Å². The van der Waals surface area contributed by atoms with E-state index in [9.17, 15) is 0 Å². The van der Waals surface area contributed by atoms with E-state index in [2.05, 4.69) is 46.5 Å². The SMILES string of the molecule is CNCc1ccnc(CSc2ccc(C)cc2)n1. The molecule has 1 N–H and O–H groups in total. The van der Waals surface area contributed by atoms with Crippen LogP contribution in [-0.4, -0.2) is 17.0 Å². The topological polar surface area (TPSA) is 37.8 Å². The number of aryl methyl sites for hydroxylation is 1. The predicted molar refractivity (Wildman–Crippen MR) is 75.5 cm³/mol. The Morgan fingerprint density at radius 2 is 1.94 bits per heavy atom. The first-order chi connectivity index (χ1) is 8.78. The summed E-state index contributed by atoms with van der Waals surface area (Å²) in [7, 11) is 1.92. The van der Waals surface area contributed by atoms with Gasteiger partial charge in [-0.3, -0.25) is 0 Å². The van der Waals surface area contributed by atoms with E-state index in [1.54, 1.807) is 11.8 Å². The molecule has 0 atom stereocenters. The van der Waals surface area contributed by atoms with Crippen LogP contribution in [0.4, 0.5) is 0 Å². The Kier molecular flexibility index (Phi) is 4.73. The fourth-order valence-corrected chi connectivity index (χ4v) is 2.34. The Labute approximate surface area is 112 Å². The van der Waals surface area contributed by atoms with Crippen molar-refractivity contribution in [3.8, 4) is 0 Å². The second kappa shape index (κ2) is 6.52. The van der Waals surface area contributed by atoms with Gasteiger partial charge < -0.3 is 5.32 Å². The summed E-state index contributed by atoms with van der Waals surface area (Å²) in [6.45, 7) is 2.88. The Balaban J connectivity index is 1.97. The van der Waals surface area contributed by atoms with E-state index in [4.69, 9.17) is 0 Å². The van der Waals surface area contributed by atoms with Gasteiger partial charge in [0.1, 0.15) is 5.82 Å². The predicted octanol–water partition coefficient (Wildman–Crippen LogP) is 2.80. The van der Waals surface area contributed by atoms with Crippen molar-refractivity contribution in [2.75, 3.05) is 7.05 Å². The first kappa shape index (κ1) is 13.1. The highest BCUT2D eigenvalue weighted by molar-refractivity contribution is 7.98. The van der Waals surface area contributed by atoms with Crippen LogP contribution in [0.25, 0.3) is 0 Å². The second-order valence-corrected chi connectivity index (χ2v) is 5.15. The van der Waals surface area contributed by atoms with E-state index in [0.29, 0.717) is 0 Å². The fraction of sp³-hybridized carbons (Fsp3) is 0.286. The van der Waals surface area contributed by atoms with Crippen molar-refractivity contribution in [1.29, 1.82) is 0 Å². The molecule has 3 nitrogen and oxygen atoms in total. The van der Waals surface area contributed by atoms with E-state index in [-0.39, 0.29) is 0 Å². The summed E-state index contributed by atoms with van der Waals surface area (Å²) in [5.41, 5.74) is 2.32. The van der Waals surface area contributed by atoms with Crippen molar-refractivity contribution in [1.82, 2.24) is 15.3 Å². The van der Waals surface area contributed by atoms with E-state index in [0.717, 1.165) is 23.8 Å². The van der Waals surface area contributed by atoms with Crippen molar-refractivity contribution >= 4 is 11.8 Å². The second-order valence-electron chi connectivity index (χ2n) is 4.10. The van der Waals surface area contributed by atoms with Gasteiger partial charge in [-0.25, -0.2) is 9.97 Å². The molecular formula is C14H17N3S. The molecule has 1 heterocycles. The number of aromatic nitrogens is 2. The minimum Gasteiger partial charge on any atom is -0.314 e. The molecule has 0 aliphatic heterocycles. The standard InChI is InChI=1S/C14H17N3S/c1-11-3-5-13(6-4-11)18-10-14-16-8-7-12(17-14)9-15-2/h3-8,15H,9-10H2,1-2H3. The molecule has 0 radical (unpaired) electrons. The Morgan fingerprint density at radius 1 is 1.17 bits per heavy atom. The molecular weight excluding hydrogens is 242 g/mol. The molecule has 94 valence electrons. The molecule has 0 aliphatic carbocycles. The van der Waals surface area contributed by atoms with Crippen molar-refractivity contribution in [3.63, 3.8) is 0 Å². The number of hydrogen-bond donors (Lipinski definition) is 1. The molecule has 0 bridgehead atoms. The summed E-state index contributed by atoms with van der Waals surface area (Å²) in [6, 6.07) is 10.5. The van der Waals surface area contributed by atoms with Crippen LogP contribution in [0.1, 0.15) is 17.1 Å². The largest absolute Gasteiger partial charge is 0.314 e. The molecule has 0 fully saturated rings. The molecule has 2 rings (SSSR count). The van der Waals surface area contributed by atoms with Gasteiger partial charge in [-0.05, 0) is 32.2 Å². The molecule has 0 saturated carbocycles. The minimum atomic E-state index is 0.782. The summed E-state index contributed by atoms with van der Waals surface area (Å²) in [5.74, 6) is 1.69. The van der Waals surface area contributed by atoms with Crippen molar-refractivity contribution < 1.29 is 0 Å². The van der Waals surface area contributed by atoms with Gasteiger partial charge in [0.15, 0.2) is 0 Å². The number of benzene rings is 1. The van der Waals surface area contributed by atoms with Gasteiger partial charge in [-0.1, -0.05) is 17.7 Å². The van der Waals surface area contributed by atoms with Gasteiger partial charge in [-0.15, -0.1) is 11.8 Å². The highest BCUT2D eigenvalue weighted by Crippen LogP contribution is 2.21. The lowest BCUT2D eigenvalue weighted by Gasteiger charge is -2.04. The zero-order chi connectivity index (χ0) is 12.8. The Morgan fingerprint density at radius 3 is 2.67 bits per heavy atom. The van der Waals surface area contributed by atoms with Crippen LogP contribution in [0.2, 0.25) is 0 Å². The van der Waals surface area contributed by atoms with E-state index < -0.39 is 0 Å². The highest BCUT2D eigenvalue weighted by Gasteiger charge is 2.00. The van der Waals surface area contributed by atoms with Gasteiger partial charge in [0.25, 0.3) is 0 Å². The van der Waals surface area contributed by atoms with Crippen LogP contribution in [0.15, 0.2) is 41.4 Å². The third-order valence-corrected chi connectivity index (χ3v) is 3.52. The summed E-state index contributed by atoms with van der Waals surface area (Å²) in [5, 5.41) is 3.09. The molecule has 0 saturated heterocycles. The van der Waals surface area contributed by atoms with Crippen LogP contribution in [0.5, 0.6) is 0 Å². The smallest absolute Gasteiger partial charge is 0.138 e. The Hall–Kier alpha value is -1.39. The average Bonchev–Trinajstić information content (AvgIpc) is 2.39. The molecule has 1 aromatic heterocycles. The average molecular weight is 259 g/mol. The van der Waals surface area contributed by atoms with Crippen LogP contribution < -0.4 is 5.32 Å². The summed E-state index contributed by atoms with van der Waals surface area (Å²) in [4.78, 5) is 10.0. The lowest BCUT2D eigenvalue weighted by molar-refractivity contribution is 0.777. The fourth-order valence-electron chi connectivity index (χ4n) is 1.57. The lowest BCUT2D eigenvalue weighted by atomic mass is 10.2.